The Labute approximate surface area is 160 Å². The van der Waals surface area contributed by atoms with E-state index in [0.717, 1.165) is 13.1 Å². The Morgan fingerprint density at radius 1 is 1.04 bits per heavy atom. The number of nitro groups is 1. The van der Waals surface area contributed by atoms with Crippen LogP contribution in [0.1, 0.15) is 5.89 Å². The van der Waals surface area contributed by atoms with Crippen molar-refractivity contribution in [1.29, 1.82) is 0 Å². The normalized spacial score (nSPS) is 15.0. The van der Waals surface area contributed by atoms with E-state index >= 15 is 0 Å². The van der Waals surface area contributed by atoms with Crippen LogP contribution in [0.2, 0.25) is 0 Å². The molecule has 3 aromatic rings. The molecule has 1 aliphatic heterocycles. The number of aromatic nitrogens is 2. The van der Waals surface area contributed by atoms with Crippen molar-refractivity contribution in [2.45, 2.75) is 6.54 Å². The molecule has 4 rings (SSSR count). The summed E-state index contributed by atoms with van der Waals surface area (Å²) in [6.45, 7) is 3.28. The Morgan fingerprint density at radius 2 is 1.75 bits per heavy atom. The van der Waals surface area contributed by atoms with Gasteiger partial charge in [0.1, 0.15) is 11.5 Å². The molecule has 0 amide bonds. The maximum atomic E-state index is 13.0. The van der Waals surface area contributed by atoms with Crippen LogP contribution in [-0.4, -0.2) is 46.2 Å². The summed E-state index contributed by atoms with van der Waals surface area (Å²) >= 11 is 0. The molecule has 28 heavy (non-hydrogen) atoms. The Balaban J connectivity index is 1.38. The van der Waals surface area contributed by atoms with Gasteiger partial charge < -0.3 is 9.32 Å². The summed E-state index contributed by atoms with van der Waals surface area (Å²) in [7, 11) is 0. The molecule has 1 aliphatic rings. The van der Waals surface area contributed by atoms with Crippen LogP contribution >= 0.6 is 0 Å². The number of nitrogens with zero attached hydrogens (tertiary/aromatic N) is 5. The van der Waals surface area contributed by atoms with Gasteiger partial charge in [-0.2, -0.15) is 0 Å². The largest absolute Gasteiger partial charge is 0.419 e. The van der Waals surface area contributed by atoms with Gasteiger partial charge in [-0.05, 0) is 30.3 Å². The van der Waals surface area contributed by atoms with Crippen molar-refractivity contribution in [3.05, 3.63) is 70.4 Å². The van der Waals surface area contributed by atoms with E-state index in [4.69, 9.17) is 4.42 Å². The molecule has 2 aromatic carbocycles. The summed E-state index contributed by atoms with van der Waals surface area (Å²) in [5, 5.41) is 19.3. The van der Waals surface area contributed by atoms with Crippen molar-refractivity contribution in [1.82, 2.24) is 15.1 Å². The van der Waals surface area contributed by atoms with Gasteiger partial charge in [0.15, 0.2) is 0 Å². The highest BCUT2D eigenvalue weighted by Crippen LogP contribution is 2.28. The predicted molar refractivity (Wildman–Crippen MR) is 100 cm³/mol. The number of hydrogen-bond donors (Lipinski definition) is 0. The molecule has 0 radical (unpaired) electrons. The molecule has 0 atom stereocenters. The smallest absolute Gasteiger partial charge is 0.292 e. The van der Waals surface area contributed by atoms with E-state index in [1.54, 1.807) is 24.3 Å². The van der Waals surface area contributed by atoms with Gasteiger partial charge in [-0.15, -0.1) is 10.2 Å². The fraction of sp³-hybridized carbons (Fsp3) is 0.263. The summed E-state index contributed by atoms with van der Waals surface area (Å²) in [5.41, 5.74) is 1.43. The lowest BCUT2D eigenvalue weighted by Gasteiger charge is -2.35. The van der Waals surface area contributed by atoms with Gasteiger partial charge in [0.2, 0.25) is 11.8 Å². The average molecular weight is 383 g/mol. The topological polar surface area (TPSA) is 88.5 Å². The Bertz CT molecular complexity index is 968. The molecule has 144 valence electrons. The molecule has 0 N–H and O–H groups in total. The summed E-state index contributed by atoms with van der Waals surface area (Å²) in [6, 6.07) is 12.7. The van der Waals surface area contributed by atoms with E-state index in [0.29, 0.717) is 42.7 Å². The number of rotatable bonds is 5. The Morgan fingerprint density at radius 3 is 2.46 bits per heavy atom. The molecule has 0 aliphatic carbocycles. The first kappa shape index (κ1) is 18.1. The van der Waals surface area contributed by atoms with E-state index in [2.05, 4.69) is 15.1 Å². The van der Waals surface area contributed by atoms with Gasteiger partial charge in [0, 0.05) is 37.8 Å². The third-order valence-corrected chi connectivity index (χ3v) is 4.71. The molecule has 2 heterocycles. The number of piperazine rings is 1. The third kappa shape index (κ3) is 3.84. The van der Waals surface area contributed by atoms with Crippen molar-refractivity contribution < 1.29 is 13.7 Å². The zero-order valence-electron chi connectivity index (χ0n) is 15.0. The van der Waals surface area contributed by atoms with Crippen LogP contribution in [0.4, 0.5) is 15.8 Å². The molecular formula is C19H18FN5O3. The van der Waals surface area contributed by atoms with Gasteiger partial charge in [-0.25, -0.2) is 4.39 Å². The lowest BCUT2D eigenvalue weighted by Crippen LogP contribution is -2.46. The van der Waals surface area contributed by atoms with Gasteiger partial charge in [-0.1, -0.05) is 12.1 Å². The van der Waals surface area contributed by atoms with Crippen molar-refractivity contribution >= 4 is 11.4 Å². The fourth-order valence-corrected chi connectivity index (χ4v) is 3.25. The number of para-hydroxylation sites is 2. The summed E-state index contributed by atoms with van der Waals surface area (Å²) in [4.78, 5) is 15.1. The van der Waals surface area contributed by atoms with Crippen LogP contribution in [0.25, 0.3) is 11.5 Å². The van der Waals surface area contributed by atoms with Crippen molar-refractivity contribution in [2.75, 3.05) is 31.1 Å². The number of anilines is 1. The van der Waals surface area contributed by atoms with Gasteiger partial charge >= 0.3 is 0 Å². The maximum Gasteiger partial charge on any atom is 0.292 e. The molecule has 9 heteroatoms. The van der Waals surface area contributed by atoms with E-state index in [9.17, 15) is 14.5 Å². The molecule has 1 aromatic heterocycles. The second kappa shape index (κ2) is 7.73. The third-order valence-electron chi connectivity index (χ3n) is 4.71. The van der Waals surface area contributed by atoms with Gasteiger partial charge in [-0.3, -0.25) is 15.0 Å². The van der Waals surface area contributed by atoms with E-state index in [-0.39, 0.29) is 16.4 Å². The molecule has 1 saturated heterocycles. The van der Waals surface area contributed by atoms with Crippen molar-refractivity contribution in [2.24, 2.45) is 0 Å². The molecule has 1 fully saturated rings. The van der Waals surface area contributed by atoms with Crippen molar-refractivity contribution in [3.63, 3.8) is 0 Å². The first-order valence-corrected chi connectivity index (χ1v) is 8.89. The minimum absolute atomic E-state index is 0.122. The molecule has 0 unspecified atom stereocenters. The molecule has 8 nitrogen and oxygen atoms in total. The van der Waals surface area contributed by atoms with Gasteiger partial charge in [0.25, 0.3) is 5.69 Å². The second-order valence-corrected chi connectivity index (χ2v) is 6.52. The number of hydrogen-bond acceptors (Lipinski definition) is 7. The van der Waals surface area contributed by atoms with E-state index in [1.807, 2.05) is 11.0 Å². The molecule has 0 spiro atoms. The van der Waals surface area contributed by atoms with Crippen molar-refractivity contribution in [3.8, 4) is 11.5 Å². The highest BCUT2D eigenvalue weighted by Gasteiger charge is 2.24. The average Bonchev–Trinajstić information content (AvgIpc) is 3.17. The van der Waals surface area contributed by atoms with Crippen LogP contribution in [0.3, 0.4) is 0 Å². The number of nitro benzene ring substituents is 1. The van der Waals surface area contributed by atoms with Crippen LogP contribution in [-0.2, 0) is 6.54 Å². The fourth-order valence-electron chi connectivity index (χ4n) is 3.25. The monoisotopic (exact) mass is 383 g/mol. The van der Waals surface area contributed by atoms with Gasteiger partial charge in [0.05, 0.1) is 11.5 Å². The minimum Gasteiger partial charge on any atom is -0.419 e. The minimum atomic E-state index is -0.350. The second-order valence-electron chi connectivity index (χ2n) is 6.52. The molecular weight excluding hydrogens is 365 g/mol. The number of halogens is 1. The zero-order valence-corrected chi connectivity index (χ0v) is 15.0. The van der Waals surface area contributed by atoms with Crippen LogP contribution in [0.15, 0.2) is 52.9 Å². The van der Waals surface area contributed by atoms with E-state index in [1.165, 1.54) is 18.2 Å². The lowest BCUT2D eigenvalue weighted by molar-refractivity contribution is -0.384. The van der Waals surface area contributed by atoms with Crippen LogP contribution in [0, 0.1) is 15.9 Å². The summed E-state index contributed by atoms with van der Waals surface area (Å²) < 4.78 is 18.7. The first-order chi connectivity index (χ1) is 13.6. The lowest BCUT2D eigenvalue weighted by atomic mass is 10.2. The molecule has 0 bridgehead atoms. The van der Waals surface area contributed by atoms with Crippen LogP contribution in [0.5, 0.6) is 0 Å². The Kier molecular flexibility index (Phi) is 4.98. The predicted octanol–water partition coefficient (Wildman–Crippen LogP) is 3.11. The number of benzene rings is 2. The maximum absolute atomic E-state index is 13.0. The highest BCUT2D eigenvalue weighted by molar-refractivity contribution is 5.63. The van der Waals surface area contributed by atoms with Crippen LogP contribution < -0.4 is 4.90 Å². The zero-order chi connectivity index (χ0) is 19.5. The quantitative estimate of drug-likeness (QED) is 0.494. The highest BCUT2D eigenvalue weighted by atomic mass is 19.1. The SMILES string of the molecule is O=[N+]([O-])c1ccccc1N1CCN(Cc2nnc(-c3ccc(F)cc3)o2)CC1. The first-order valence-electron chi connectivity index (χ1n) is 8.89. The Hall–Kier alpha value is -3.33. The summed E-state index contributed by atoms with van der Waals surface area (Å²) in [5.74, 6) is 0.520. The van der Waals surface area contributed by atoms with E-state index < -0.39 is 0 Å². The molecule has 0 saturated carbocycles. The summed E-state index contributed by atoms with van der Waals surface area (Å²) in [6.07, 6.45) is 0. The standard InChI is InChI=1S/C19H18FN5O3/c20-15-7-5-14(6-8-15)19-22-21-18(28-19)13-23-9-11-24(12-10-23)16-3-1-2-4-17(16)25(26)27/h1-8H,9-13H2.